The zero-order valence-corrected chi connectivity index (χ0v) is 10.2. The number of hydrogen-bond acceptors (Lipinski definition) is 4. The standard InChI is InChI=1S/C11H10N4OS/c1-6-3-12-14-10(6)9-5-17-11-13-7(2)8(4-16)15(9)11/h3-5H,1-2H3,(H,12,14). The van der Waals surface area contributed by atoms with Crippen molar-refractivity contribution in [1.29, 1.82) is 0 Å². The van der Waals surface area contributed by atoms with E-state index in [1.807, 2.05) is 23.6 Å². The molecule has 0 atom stereocenters. The monoisotopic (exact) mass is 246 g/mol. The van der Waals surface area contributed by atoms with E-state index in [4.69, 9.17) is 0 Å². The van der Waals surface area contributed by atoms with Gasteiger partial charge in [-0.15, -0.1) is 11.3 Å². The molecule has 0 amide bonds. The van der Waals surface area contributed by atoms with Gasteiger partial charge in [0, 0.05) is 5.38 Å². The first kappa shape index (κ1) is 10.2. The van der Waals surface area contributed by atoms with E-state index in [0.29, 0.717) is 5.69 Å². The quantitative estimate of drug-likeness (QED) is 0.705. The molecule has 3 aromatic rings. The highest BCUT2D eigenvalue weighted by Crippen LogP contribution is 2.28. The molecule has 0 aliphatic rings. The molecule has 3 heterocycles. The molecule has 0 aromatic carbocycles. The Kier molecular flexibility index (Phi) is 2.12. The molecule has 0 radical (unpaired) electrons. The van der Waals surface area contributed by atoms with E-state index in [2.05, 4.69) is 15.2 Å². The number of hydrogen-bond donors (Lipinski definition) is 1. The van der Waals surface area contributed by atoms with Gasteiger partial charge in [0.1, 0.15) is 5.69 Å². The molecule has 0 fully saturated rings. The van der Waals surface area contributed by atoms with Gasteiger partial charge in [-0.1, -0.05) is 0 Å². The van der Waals surface area contributed by atoms with E-state index in [1.165, 1.54) is 11.3 Å². The Labute approximate surface area is 101 Å². The average Bonchev–Trinajstić information content (AvgIpc) is 2.93. The molecule has 6 heteroatoms. The van der Waals surface area contributed by atoms with Crippen LogP contribution in [0.15, 0.2) is 11.6 Å². The summed E-state index contributed by atoms with van der Waals surface area (Å²) in [6, 6.07) is 0. The van der Waals surface area contributed by atoms with Crippen LogP contribution >= 0.6 is 11.3 Å². The number of thiazole rings is 1. The number of aryl methyl sites for hydroxylation is 2. The van der Waals surface area contributed by atoms with Gasteiger partial charge in [-0.25, -0.2) is 4.98 Å². The van der Waals surface area contributed by atoms with Crippen LogP contribution in [0.4, 0.5) is 0 Å². The van der Waals surface area contributed by atoms with Gasteiger partial charge in [0.2, 0.25) is 0 Å². The van der Waals surface area contributed by atoms with Crippen molar-refractivity contribution in [2.24, 2.45) is 0 Å². The van der Waals surface area contributed by atoms with Gasteiger partial charge in [0.05, 0.1) is 23.3 Å². The first-order valence-corrected chi connectivity index (χ1v) is 6.02. The summed E-state index contributed by atoms with van der Waals surface area (Å²) in [5, 5.41) is 8.94. The van der Waals surface area contributed by atoms with E-state index >= 15 is 0 Å². The highest BCUT2D eigenvalue weighted by molar-refractivity contribution is 7.15. The maximum Gasteiger partial charge on any atom is 0.195 e. The van der Waals surface area contributed by atoms with Crippen molar-refractivity contribution in [2.75, 3.05) is 0 Å². The fourth-order valence-corrected chi connectivity index (χ4v) is 2.84. The van der Waals surface area contributed by atoms with Crippen molar-refractivity contribution in [2.45, 2.75) is 13.8 Å². The number of fused-ring (bicyclic) bond motifs is 1. The van der Waals surface area contributed by atoms with Crippen molar-refractivity contribution >= 4 is 22.6 Å². The number of nitrogens with zero attached hydrogens (tertiary/aromatic N) is 3. The van der Waals surface area contributed by atoms with Crippen LogP contribution in [0.1, 0.15) is 21.7 Å². The number of carbonyl (C=O) groups excluding carboxylic acids is 1. The minimum Gasteiger partial charge on any atom is -0.296 e. The third-order valence-electron chi connectivity index (χ3n) is 2.78. The Morgan fingerprint density at radius 2 is 2.29 bits per heavy atom. The largest absolute Gasteiger partial charge is 0.296 e. The van der Waals surface area contributed by atoms with Gasteiger partial charge in [0.15, 0.2) is 11.2 Å². The van der Waals surface area contributed by atoms with Crippen LogP contribution in [0.3, 0.4) is 0 Å². The maximum atomic E-state index is 11.1. The number of H-pyrrole nitrogens is 1. The minimum absolute atomic E-state index is 0.602. The molecule has 3 rings (SSSR count). The fraction of sp³-hybridized carbons (Fsp3) is 0.182. The lowest BCUT2D eigenvalue weighted by Crippen LogP contribution is -1.94. The van der Waals surface area contributed by atoms with Crippen molar-refractivity contribution in [3.63, 3.8) is 0 Å². The molecule has 86 valence electrons. The molecule has 1 N–H and O–H groups in total. The number of aldehydes is 1. The molecule has 0 saturated heterocycles. The van der Waals surface area contributed by atoms with Crippen LogP contribution in [0.2, 0.25) is 0 Å². The zero-order valence-electron chi connectivity index (χ0n) is 9.39. The molecule has 0 saturated carbocycles. The fourth-order valence-electron chi connectivity index (χ4n) is 1.90. The number of imidazole rings is 1. The third-order valence-corrected chi connectivity index (χ3v) is 3.61. The number of aromatic amines is 1. The highest BCUT2D eigenvalue weighted by atomic mass is 32.1. The topological polar surface area (TPSA) is 63.0 Å². The third kappa shape index (κ3) is 1.34. The summed E-state index contributed by atoms with van der Waals surface area (Å²) in [6.45, 7) is 3.82. The molecule has 0 unspecified atom stereocenters. The van der Waals surface area contributed by atoms with Crippen molar-refractivity contribution < 1.29 is 4.79 Å². The van der Waals surface area contributed by atoms with Crippen molar-refractivity contribution in [1.82, 2.24) is 19.6 Å². The second kappa shape index (κ2) is 3.53. The summed E-state index contributed by atoms with van der Waals surface area (Å²) in [5.41, 5.74) is 4.27. The van der Waals surface area contributed by atoms with Crippen molar-refractivity contribution in [3.8, 4) is 11.4 Å². The number of carbonyl (C=O) groups is 1. The normalized spacial score (nSPS) is 11.2. The summed E-state index contributed by atoms with van der Waals surface area (Å²) in [7, 11) is 0. The lowest BCUT2D eigenvalue weighted by atomic mass is 10.2. The SMILES string of the molecule is Cc1cn[nH]c1-c1csc2nc(C)c(C=O)n12. The predicted molar refractivity (Wildman–Crippen MR) is 65.5 cm³/mol. The van der Waals surface area contributed by atoms with Gasteiger partial charge >= 0.3 is 0 Å². The van der Waals surface area contributed by atoms with E-state index in [1.54, 1.807) is 6.20 Å². The van der Waals surface area contributed by atoms with Crippen LogP contribution in [0, 0.1) is 13.8 Å². The first-order valence-electron chi connectivity index (χ1n) is 5.14. The Morgan fingerprint density at radius 3 is 2.94 bits per heavy atom. The average molecular weight is 246 g/mol. The van der Waals surface area contributed by atoms with Crippen LogP contribution in [0.5, 0.6) is 0 Å². The molecule has 0 aliphatic heterocycles. The zero-order chi connectivity index (χ0) is 12.0. The summed E-state index contributed by atoms with van der Waals surface area (Å²) in [4.78, 5) is 16.3. The van der Waals surface area contributed by atoms with E-state index in [0.717, 1.165) is 33.9 Å². The minimum atomic E-state index is 0.602. The first-order chi connectivity index (χ1) is 8.22. The lowest BCUT2D eigenvalue weighted by Gasteiger charge is -1.99. The molecule has 0 bridgehead atoms. The van der Waals surface area contributed by atoms with Crippen LogP contribution in [-0.2, 0) is 0 Å². The van der Waals surface area contributed by atoms with E-state index in [9.17, 15) is 4.79 Å². The molecule has 0 spiro atoms. The van der Waals surface area contributed by atoms with Gasteiger partial charge in [-0.3, -0.25) is 14.3 Å². The van der Waals surface area contributed by atoms with E-state index in [-0.39, 0.29) is 0 Å². The van der Waals surface area contributed by atoms with Gasteiger partial charge in [0.25, 0.3) is 0 Å². The lowest BCUT2D eigenvalue weighted by molar-refractivity contribution is 0.111. The smallest absolute Gasteiger partial charge is 0.195 e. The van der Waals surface area contributed by atoms with Gasteiger partial charge in [-0.2, -0.15) is 5.10 Å². The number of rotatable bonds is 2. The summed E-state index contributed by atoms with van der Waals surface area (Å²) in [5.74, 6) is 0. The van der Waals surface area contributed by atoms with Crippen molar-refractivity contribution in [3.05, 3.63) is 28.5 Å². The molecule has 17 heavy (non-hydrogen) atoms. The van der Waals surface area contributed by atoms with Crippen LogP contribution in [-0.4, -0.2) is 25.9 Å². The summed E-state index contributed by atoms with van der Waals surface area (Å²) >= 11 is 1.52. The highest BCUT2D eigenvalue weighted by Gasteiger charge is 2.16. The molecule has 0 aliphatic carbocycles. The van der Waals surface area contributed by atoms with Crippen LogP contribution in [0.25, 0.3) is 16.3 Å². The Balaban J connectivity index is 2.38. The maximum absolute atomic E-state index is 11.1. The van der Waals surface area contributed by atoms with Crippen LogP contribution < -0.4 is 0 Å². The summed E-state index contributed by atoms with van der Waals surface area (Å²) < 4.78 is 1.87. The number of aromatic nitrogens is 4. The Hall–Kier alpha value is -1.95. The Morgan fingerprint density at radius 1 is 1.47 bits per heavy atom. The summed E-state index contributed by atoms with van der Waals surface area (Å²) in [6.07, 6.45) is 2.61. The predicted octanol–water partition coefficient (Wildman–Crippen LogP) is 2.22. The second-order valence-corrected chi connectivity index (χ2v) is 4.70. The van der Waals surface area contributed by atoms with Gasteiger partial charge in [-0.05, 0) is 19.4 Å². The van der Waals surface area contributed by atoms with Gasteiger partial charge < -0.3 is 0 Å². The molecule has 3 aromatic heterocycles. The molecule has 5 nitrogen and oxygen atoms in total. The van der Waals surface area contributed by atoms with E-state index < -0.39 is 0 Å². The molecular weight excluding hydrogens is 236 g/mol. The second-order valence-electron chi connectivity index (χ2n) is 3.87. The Bertz CT molecular complexity index is 706. The number of nitrogens with one attached hydrogen (secondary N) is 1. The molecular formula is C11H10N4OS.